The molecule has 4 heterocycles. The van der Waals surface area contributed by atoms with Gasteiger partial charge in [0, 0.05) is 71.5 Å². The second-order valence-electron chi connectivity index (χ2n) is 20.5. The Morgan fingerprint density at radius 3 is 1.07 bits per heavy atom. The zero-order valence-electron chi connectivity index (χ0n) is 50.2. The number of nitrogens with zero attached hydrogens (tertiary/aromatic N) is 4. The minimum atomic E-state index is -1.00. The van der Waals surface area contributed by atoms with E-state index in [2.05, 4.69) is 342 Å². The maximum Gasteiger partial charge on any atom is 0.0541 e. The van der Waals surface area contributed by atoms with Gasteiger partial charge in [0.05, 0.1) is 47.4 Å². The van der Waals surface area contributed by atoms with Crippen molar-refractivity contribution in [3.05, 3.63) is 312 Å². The first-order chi connectivity index (χ1) is 44.8. The summed E-state index contributed by atoms with van der Waals surface area (Å²) >= 11 is 10.4. The van der Waals surface area contributed by atoms with Crippen molar-refractivity contribution in [3.63, 3.8) is 0 Å². The molecule has 0 atom stereocenters. The summed E-state index contributed by atoms with van der Waals surface area (Å²) in [7, 11) is 4.00. The molecule has 0 saturated carbocycles. The van der Waals surface area contributed by atoms with Crippen LogP contribution in [0.2, 0.25) is 0 Å². The summed E-state index contributed by atoms with van der Waals surface area (Å²) in [6.45, 7) is 2.00. The standard InChI is InChI=1S/C24H16BrN.C24H17N.C18H12BrN.C6H6BO2.C4H8O.CH3F.BHNS/c25-19-12-14-24-22(16-19)21-15-18(17-7-3-1-4-8-17)11-13-23(21)26(24)20-9-5-2-6-10-20;1-3-9-18(10-4-1)19-15-16-24-22(17-19)21-13-7-8-14-23(21)25(24)20-11-5-2-6-12-20;19-13-10-11-18-16(12-13)15-8-4-5-9-17(15)20(18)14-6-2-1-3-7-14;8-7-9-6-4-2-1-3-5-6;1-2-4-5-3-1;1-2;1-2-3/h1-16H;1-17H;1-12H;1-5,8H;1-4H2;1H3;3H/i;;;;;1D;. The third-order valence-electron chi connectivity index (χ3n) is 15.1. The largest absolute Gasteiger partial charge is 0.309 e. The molecule has 1 saturated heterocycles. The molecular formula is C77H63B2Br2FN4O3S. The molecule has 1 fully saturated rings. The van der Waals surface area contributed by atoms with E-state index in [1.165, 1.54) is 118 Å². The third kappa shape index (κ3) is 15.3. The summed E-state index contributed by atoms with van der Waals surface area (Å²) in [6.07, 6.45) is 2.56. The van der Waals surface area contributed by atoms with Crippen LogP contribution >= 0.6 is 44.7 Å². The van der Waals surface area contributed by atoms with Gasteiger partial charge in [-0.3, -0.25) is 4.39 Å². The van der Waals surface area contributed by atoms with E-state index in [-0.39, 0.29) is 0 Å². The molecule has 0 amide bonds. The zero-order valence-corrected chi connectivity index (χ0v) is 53.3. The molecule has 1 aliphatic heterocycles. The molecule has 0 spiro atoms. The summed E-state index contributed by atoms with van der Waals surface area (Å²) in [5.74, 6) is 0.639. The Bertz CT molecular complexity index is 4750. The van der Waals surface area contributed by atoms with Gasteiger partial charge in [-0.25, -0.2) is 0 Å². The molecule has 442 valence electrons. The van der Waals surface area contributed by atoms with Crippen LogP contribution in [-0.4, -0.2) is 54.4 Å². The van der Waals surface area contributed by atoms with E-state index in [1.54, 1.807) is 12.1 Å². The number of hydrogen-bond donors (Lipinski definition) is 2. The number of fused-ring (bicyclic) bond motifs is 9. The van der Waals surface area contributed by atoms with Crippen molar-refractivity contribution in [2.75, 3.05) is 20.4 Å². The normalized spacial score (nSPS) is 11.4. The second-order valence-corrected chi connectivity index (χ2v) is 22.6. The van der Waals surface area contributed by atoms with Crippen molar-refractivity contribution in [2.45, 2.75) is 12.8 Å². The summed E-state index contributed by atoms with van der Waals surface area (Å²) in [4.78, 5) is 0. The van der Waals surface area contributed by atoms with Crippen molar-refractivity contribution in [3.8, 4) is 45.1 Å². The smallest absolute Gasteiger partial charge is 0.0541 e. The van der Waals surface area contributed by atoms with Crippen LogP contribution in [0.1, 0.15) is 14.2 Å². The van der Waals surface area contributed by atoms with Crippen LogP contribution in [0.3, 0.4) is 0 Å². The van der Waals surface area contributed by atoms with Crippen LogP contribution in [0.25, 0.3) is 105 Å². The predicted molar refractivity (Wildman–Crippen MR) is 388 cm³/mol. The van der Waals surface area contributed by atoms with Crippen LogP contribution in [0, 0.1) is 0 Å². The molecule has 15 aromatic rings. The van der Waals surface area contributed by atoms with Gasteiger partial charge in [-0.15, -0.1) is 0 Å². The molecule has 0 aliphatic carbocycles. The predicted octanol–water partition coefficient (Wildman–Crippen LogP) is 21.4. The van der Waals surface area contributed by atoms with E-state index in [0.717, 1.165) is 22.2 Å². The Hall–Kier alpha value is -9.07. The van der Waals surface area contributed by atoms with E-state index < -0.39 is 7.15 Å². The Morgan fingerprint density at radius 2 is 0.711 bits per heavy atom. The molecule has 3 aromatic heterocycles. The summed E-state index contributed by atoms with van der Waals surface area (Å²) in [5.41, 5.74) is 16.0. The topological polar surface area (TPSA) is 65.8 Å². The third-order valence-corrected chi connectivity index (χ3v) is 16.0. The van der Waals surface area contributed by atoms with E-state index in [0.29, 0.717) is 13.4 Å². The number of aromatic nitrogens is 3. The van der Waals surface area contributed by atoms with E-state index in [9.17, 15) is 4.39 Å². The van der Waals surface area contributed by atoms with Crippen molar-refractivity contribution in [2.24, 2.45) is 4.30 Å². The molecule has 0 unspecified atom stereocenters. The van der Waals surface area contributed by atoms with E-state index in [4.69, 9.17) is 11.1 Å². The van der Waals surface area contributed by atoms with Gasteiger partial charge in [-0.05, 0) is 156 Å². The van der Waals surface area contributed by atoms with Crippen molar-refractivity contribution in [1.82, 2.24) is 13.7 Å². The molecule has 13 heteroatoms. The monoisotopic (exact) mass is 1320 g/mol. The fourth-order valence-corrected chi connectivity index (χ4v) is 11.9. The SMILES string of the molecule is Brc1ccc2c(c1)c1cc(-c3ccccc3)ccc1n2-c1ccccc1.Brc1ccc2c(c1)c1ccccc1n2-c1ccccc1.C1CCOC1.O[B]Oc1ccccc1.[2H]CF.[B]=NS.c1ccc(-c2ccc3c(c2)c2ccccc2n3-c2ccccc2)cc1. The van der Waals surface area contributed by atoms with Crippen LogP contribution in [0.15, 0.2) is 317 Å². The van der Waals surface area contributed by atoms with Gasteiger partial charge in [0.25, 0.3) is 0 Å². The molecule has 90 heavy (non-hydrogen) atoms. The molecule has 7 nitrogen and oxygen atoms in total. The van der Waals surface area contributed by atoms with Crippen LogP contribution in [-0.2, 0) is 4.74 Å². The fourth-order valence-electron chi connectivity index (χ4n) is 11.2. The number of para-hydroxylation sites is 6. The number of hydrogen-bond acceptors (Lipinski definition) is 5. The first kappa shape index (κ1) is 62.5. The number of benzene rings is 12. The first-order valence-electron chi connectivity index (χ1n) is 29.9. The van der Waals surface area contributed by atoms with Gasteiger partial charge >= 0.3 is 32.4 Å². The summed E-state index contributed by atoms with van der Waals surface area (Å²) in [6, 6.07) is 105. The quantitative estimate of drug-likeness (QED) is 0.123. The minimum absolute atomic E-state index is 0.639. The Balaban J connectivity index is 0.000000131. The maximum absolute atomic E-state index is 9.96. The number of rotatable bonds is 7. The Labute approximate surface area is 550 Å². The molecule has 16 rings (SSSR count). The van der Waals surface area contributed by atoms with Crippen molar-refractivity contribution in [1.29, 1.82) is 0 Å². The average molecular weight is 1330 g/mol. The van der Waals surface area contributed by atoms with Gasteiger partial charge in [-0.2, -0.15) is 0 Å². The van der Waals surface area contributed by atoms with E-state index in [1.807, 2.05) is 24.3 Å². The molecule has 2 radical (unpaired) electrons. The van der Waals surface area contributed by atoms with Crippen molar-refractivity contribution >= 4 is 125 Å². The molecule has 0 bridgehead atoms. The first-order valence-corrected chi connectivity index (χ1v) is 31.2. The second kappa shape index (κ2) is 32.4. The number of halogens is 3. The van der Waals surface area contributed by atoms with Gasteiger partial charge in [0.1, 0.15) is 0 Å². The number of ether oxygens (including phenoxy) is 1. The Kier molecular flexibility index (Phi) is 22.5. The maximum atomic E-state index is 9.96. The van der Waals surface area contributed by atoms with Gasteiger partial charge in [-0.1, -0.05) is 214 Å². The molecular weight excluding hydrogens is 1260 g/mol. The van der Waals surface area contributed by atoms with Crippen LogP contribution in [0.4, 0.5) is 4.39 Å². The molecule has 1 aliphatic rings. The van der Waals surface area contributed by atoms with Crippen LogP contribution in [0.5, 0.6) is 5.75 Å². The fraction of sp³-hybridized carbons (Fsp3) is 0.0649. The average Bonchev–Trinajstić information content (AvgIpc) is 1.63. The summed E-state index contributed by atoms with van der Waals surface area (Å²) < 4.78 is 37.0. The summed E-state index contributed by atoms with van der Waals surface area (Å²) in [5, 5.41) is 15.8. The van der Waals surface area contributed by atoms with Gasteiger partial charge in [0.2, 0.25) is 0 Å². The van der Waals surface area contributed by atoms with Gasteiger partial charge in [0.15, 0.2) is 0 Å². The Morgan fingerprint density at radius 1 is 0.422 bits per heavy atom. The van der Waals surface area contributed by atoms with Crippen LogP contribution < -0.4 is 4.65 Å². The van der Waals surface area contributed by atoms with E-state index >= 15 is 0 Å². The zero-order chi connectivity index (χ0) is 63.2. The number of alkyl halides is 1. The van der Waals surface area contributed by atoms with Crippen molar-refractivity contribution < 1.29 is 20.2 Å². The molecule has 1 N–H and O–H groups in total. The van der Waals surface area contributed by atoms with Gasteiger partial charge < -0.3 is 28.1 Å². The minimum Gasteiger partial charge on any atom is -0.309 e. The number of thiol groups is 1. The molecule has 12 aromatic carbocycles.